The smallest absolute Gasteiger partial charge is 0.313 e. The highest BCUT2D eigenvalue weighted by Crippen LogP contribution is 2.28. The molecule has 0 fully saturated rings. The number of para-hydroxylation sites is 2. The highest BCUT2D eigenvalue weighted by Gasteiger charge is 2.17. The largest absolute Gasteiger partial charge is 0.481 e. The SMILES string of the molecule is CC(CS(C)=O)n1c(SCC(=O)O)nc2ccccc21. The number of imidazole rings is 1. The Morgan fingerprint density at radius 3 is 2.85 bits per heavy atom. The lowest BCUT2D eigenvalue weighted by Crippen LogP contribution is -2.14. The maximum absolute atomic E-state index is 11.4. The number of carbonyl (C=O) groups is 1. The zero-order valence-electron chi connectivity index (χ0n) is 11.3. The third-order valence-electron chi connectivity index (χ3n) is 2.80. The van der Waals surface area contributed by atoms with E-state index in [9.17, 15) is 9.00 Å². The minimum absolute atomic E-state index is 0.00419. The lowest BCUT2D eigenvalue weighted by atomic mass is 10.3. The third kappa shape index (κ3) is 3.40. The number of carboxylic acid groups (broad SMARTS) is 1. The fourth-order valence-corrected chi connectivity index (χ4v) is 3.75. The van der Waals surface area contributed by atoms with E-state index in [1.165, 1.54) is 11.8 Å². The maximum Gasteiger partial charge on any atom is 0.313 e. The van der Waals surface area contributed by atoms with Crippen LogP contribution in [0.1, 0.15) is 13.0 Å². The number of hydrogen-bond acceptors (Lipinski definition) is 4. The van der Waals surface area contributed by atoms with E-state index in [2.05, 4.69) is 4.98 Å². The molecule has 0 aliphatic carbocycles. The van der Waals surface area contributed by atoms with Crippen LogP contribution in [-0.2, 0) is 15.6 Å². The van der Waals surface area contributed by atoms with Crippen molar-refractivity contribution in [2.24, 2.45) is 0 Å². The van der Waals surface area contributed by atoms with Crippen LogP contribution in [0.25, 0.3) is 11.0 Å². The molecular weight excluding hydrogens is 296 g/mol. The van der Waals surface area contributed by atoms with Crippen LogP contribution in [0.5, 0.6) is 0 Å². The minimum Gasteiger partial charge on any atom is -0.481 e. The van der Waals surface area contributed by atoms with Gasteiger partial charge in [-0.2, -0.15) is 0 Å². The molecule has 0 aliphatic heterocycles. The number of nitrogens with zero attached hydrogens (tertiary/aromatic N) is 2. The molecule has 1 heterocycles. The Bertz CT molecular complexity index is 654. The van der Waals surface area contributed by atoms with E-state index >= 15 is 0 Å². The zero-order chi connectivity index (χ0) is 14.7. The number of carboxylic acids is 1. The van der Waals surface area contributed by atoms with Gasteiger partial charge >= 0.3 is 5.97 Å². The Balaban J connectivity index is 2.43. The van der Waals surface area contributed by atoms with E-state index in [4.69, 9.17) is 5.11 Å². The van der Waals surface area contributed by atoms with E-state index in [0.717, 1.165) is 11.0 Å². The van der Waals surface area contributed by atoms with Gasteiger partial charge in [0.1, 0.15) is 0 Å². The predicted molar refractivity (Wildman–Crippen MR) is 81.7 cm³/mol. The van der Waals surface area contributed by atoms with Crippen molar-refractivity contribution < 1.29 is 14.1 Å². The summed E-state index contributed by atoms with van der Waals surface area (Å²) in [5.41, 5.74) is 1.77. The second-order valence-electron chi connectivity index (χ2n) is 4.52. The minimum atomic E-state index is -0.918. The van der Waals surface area contributed by atoms with Gasteiger partial charge in [-0.05, 0) is 19.1 Å². The summed E-state index contributed by atoms with van der Waals surface area (Å²) in [6.07, 6.45) is 1.67. The van der Waals surface area contributed by atoms with E-state index in [1.807, 2.05) is 35.8 Å². The van der Waals surface area contributed by atoms with E-state index in [-0.39, 0.29) is 11.8 Å². The van der Waals surface area contributed by atoms with Crippen molar-refractivity contribution in [3.63, 3.8) is 0 Å². The molecule has 0 amide bonds. The van der Waals surface area contributed by atoms with Crippen LogP contribution < -0.4 is 0 Å². The monoisotopic (exact) mass is 312 g/mol. The first-order valence-corrected chi connectivity index (χ1v) is 8.82. The zero-order valence-corrected chi connectivity index (χ0v) is 12.9. The molecule has 0 aliphatic rings. The summed E-state index contributed by atoms with van der Waals surface area (Å²) in [5.74, 6) is -0.396. The van der Waals surface area contributed by atoms with Crippen molar-refractivity contribution in [2.75, 3.05) is 17.8 Å². The van der Waals surface area contributed by atoms with Crippen LogP contribution in [0.4, 0.5) is 0 Å². The summed E-state index contributed by atoms with van der Waals surface area (Å²) >= 11 is 1.19. The molecule has 108 valence electrons. The molecule has 0 bridgehead atoms. The number of aromatic nitrogens is 2. The Labute approximate surface area is 123 Å². The van der Waals surface area contributed by atoms with Gasteiger partial charge in [0.25, 0.3) is 0 Å². The Morgan fingerprint density at radius 2 is 2.20 bits per heavy atom. The van der Waals surface area contributed by atoms with E-state index in [1.54, 1.807) is 6.26 Å². The molecule has 0 radical (unpaired) electrons. The number of aliphatic carboxylic acids is 1. The lowest BCUT2D eigenvalue weighted by Gasteiger charge is -2.15. The quantitative estimate of drug-likeness (QED) is 0.828. The second-order valence-corrected chi connectivity index (χ2v) is 6.95. The van der Waals surface area contributed by atoms with Gasteiger partial charge in [0.05, 0.1) is 16.8 Å². The lowest BCUT2D eigenvalue weighted by molar-refractivity contribution is -0.133. The highest BCUT2D eigenvalue weighted by molar-refractivity contribution is 7.99. The van der Waals surface area contributed by atoms with Gasteiger partial charge in [-0.25, -0.2) is 4.98 Å². The van der Waals surface area contributed by atoms with Gasteiger partial charge in [-0.1, -0.05) is 23.9 Å². The van der Waals surface area contributed by atoms with Crippen molar-refractivity contribution in [2.45, 2.75) is 18.1 Å². The van der Waals surface area contributed by atoms with Gasteiger partial charge in [-0.15, -0.1) is 0 Å². The number of benzene rings is 1. The summed E-state index contributed by atoms with van der Waals surface area (Å²) < 4.78 is 13.4. The molecule has 0 saturated carbocycles. The highest BCUT2D eigenvalue weighted by atomic mass is 32.2. The van der Waals surface area contributed by atoms with Crippen LogP contribution in [-0.4, -0.2) is 42.6 Å². The molecule has 2 rings (SSSR count). The van der Waals surface area contributed by atoms with Gasteiger partial charge in [0.15, 0.2) is 5.16 Å². The van der Waals surface area contributed by atoms with Crippen LogP contribution in [0.3, 0.4) is 0 Å². The van der Waals surface area contributed by atoms with Crippen LogP contribution in [0.2, 0.25) is 0 Å². The fourth-order valence-electron chi connectivity index (χ4n) is 2.09. The molecule has 7 heteroatoms. The molecule has 0 spiro atoms. The summed E-state index contributed by atoms with van der Waals surface area (Å²) in [7, 11) is -0.918. The molecule has 0 saturated heterocycles. The second kappa shape index (κ2) is 6.41. The van der Waals surface area contributed by atoms with Gasteiger partial charge in [0, 0.05) is 28.9 Å². The Hall–Kier alpha value is -1.34. The summed E-state index contributed by atoms with van der Waals surface area (Å²) in [5, 5.41) is 9.48. The van der Waals surface area contributed by atoms with Crippen LogP contribution >= 0.6 is 11.8 Å². The summed E-state index contributed by atoms with van der Waals surface area (Å²) in [4.78, 5) is 15.2. The molecule has 2 atom stereocenters. The first kappa shape index (κ1) is 15.1. The molecule has 1 N–H and O–H groups in total. The third-order valence-corrected chi connectivity index (χ3v) is 4.69. The summed E-state index contributed by atoms with van der Waals surface area (Å²) in [6.45, 7) is 1.97. The van der Waals surface area contributed by atoms with Crippen molar-refractivity contribution >= 4 is 39.6 Å². The summed E-state index contributed by atoms with van der Waals surface area (Å²) in [6, 6.07) is 7.66. The number of hydrogen-bond donors (Lipinski definition) is 1. The van der Waals surface area contributed by atoms with Crippen molar-refractivity contribution in [3.8, 4) is 0 Å². The topological polar surface area (TPSA) is 72.2 Å². The normalized spacial score (nSPS) is 14.3. The van der Waals surface area contributed by atoms with Crippen LogP contribution in [0.15, 0.2) is 29.4 Å². The van der Waals surface area contributed by atoms with Gasteiger partial charge < -0.3 is 9.67 Å². The Morgan fingerprint density at radius 1 is 1.50 bits per heavy atom. The molecule has 20 heavy (non-hydrogen) atoms. The molecule has 5 nitrogen and oxygen atoms in total. The molecular formula is C13H16N2O3S2. The first-order chi connectivity index (χ1) is 9.49. The molecule has 1 aromatic carbocycles. The molecule has 2 unspecified atom stereocenters. The molecule has 1 aromatic heterocycles. The average Bonchev–Trinajstić information content (AvgIpc) is 2.73. The van der Waals surface area contributed by atoms with Gasteiger partial charge in [0.2, 0.25) is 0 Å². The van der Waals surface area contributed by atoms with Crippen molar-refractivity contribution in [1.29, 1.82) is 0 Å². The predicted octanol–water partition coefficient (Wildman–Crippen LogP) is 2.15. The van der Waals surface area contributed by atoms with Gasteiger partial charge in [-0.3, -0.25) is 9.00 Å². The molecule has 2 aromatic rings. The van der Waals surface area contributed by atoms with Crippen molar-refractivity contribution in [3.05, 3.63) is 24.3 Å². The van der Waals surface area contributed by atoms with Crippen LogP contribution in [0, 0.1) is 0 Å². The average molecular weight is 312 g/mol. The van der Waals surface area contributed by atoms with E-state index < -0.39 is 16.8 Å². The van der Waals surface area contributed by atoms with E-state index in [0.29, 0.717) is 10.9 Å². The van der Waals surface area contributed by atoms with Crippen molar-refractivity contribution in [1.82, 2.24) is 9.55 Å². The first-order valence-electron chi connectivity index (χ1n) is 6.10. The number of thioether (sulfide) groups is 1. The number of rotatable bonds is 6. The number of fused-ring (bicyclic) bond motifs is 1. The standard InChI is InChI=1S/C13H16N2O3S2/c1-9(8-20(2)18)15-11-6-4-3-5-10(11)14-13(15)19-7-12(16)17/h3-6,9H,7-8H2,1-2H3,(H,16,17). The maximum atomic E-state index is 11.4. The fraction of sp³-hybridized carbons (Fsp3) is 0.385. The Kier molecular flexibility index (Phi) is 4.82.